The van der Waals surface area contributed by atoms with Crippen molar-refractivity contribution in [2.45, 2.75) is 20.3 Å². The molecule has 0 unspecified atom stereocenters. The maximum Gasteiger partial charge on any atom is 0.191 e. The molecule has 0 atom stereocenters. The molecule has 5 nitrogen and oxygen atoms in total. The lowest BCUT2D eigenvalue weighted by Crippen LogP contribution is -2.51. The Hall–Kier alpha value is -1.82. The minimum Gasteiger partial charge on any atom is -0.380 e. The summed E-state index contributed by atoms with van der Waals surface area (Å²) in [6.07, 6.45) is 1.07. The van der Waals surface area contributed by atoms with Crippen molar-refractivity contribution < 1.29 is 9.13 Å². The van der Waals surface area contributed by atoms with Crippen LogP contribution in [-0.4, -0.2) is 56.8 Å². The van der Waals surface area contributed by atoms with E-state index in [4.69, 9.17) is 10.5 Å². The van der Waals surface area contributed by atoms with Crippen molar-refractivity contribution in [1.82, 2.24) is 4.90 Å². The van der Waals surface area contributed by atoms with Gasteiger partial charge in [-0.15, -0.1) is 0 Å². The summed E-state index contributed by atoms with van der Waals surface area (Å²) in [4.78, 5) is 8.73. The Balaban J connectivity index is 1.69. The lowest BCUT2D eigenvalue weighted by Gasteiger charge is -2.36. The smallest absolute Gasteiger partial charge is 0.191 e. The van der Waals surface area contributed by atoms with Gasteiger partial charge >= 0.3 is 0 Å². The lowest BCUT2D eigenvalue weighted by molar-refractivity contribution is 0.130. The standard InChI is InChI=1S/C18H29FN4O/c1-15(2)7-13-24-14-8-21-18(20)23-11-9-22(10-12-23)17-5-3-16(19)4-6-17/h3-6,15H,7-14H2,1-2H3,(H2,20,21). The fraction of sp³-hybridized carbons (Fsp3) is 0.611. The minimum atomic E-state index is -0.204. The molecule has 1 heterocycles. The summed E-state index contributed by atoms with van der Waals surface area (Å²) in [7, 11) is 0. The van der Waals surface area contributed by atoms with E-state index < -0.39 is 0 Å². The van der Waals surface area contributed by atoms with Crippen molar-refractivity contribution in [2.75, 3.05) is 50.8 Å². The number of ether oxygens (including phenoxy) is 1. The molecule has 0 saturated carbocycles. The number of benzene rings is 1. The zero-order valence-corrected chi connectivity index (χ0v) is 14.7. The Morgan fingerprint density at radius 1 is 1.17 bits per heavy atom. The average molecular weight is 336 g/mol. The van der Waals surface area contributed by atoms with Gasteiger partial charge in [-0.1, -0.05) is 13.8 Å². The molecule has 134 valence electrons. The van der Waals surface area contributed by atoms with E-state index in [0.29, 0.717) is 25.0 Å². The van der Waals surface area contributed by atoms with Gasteiger partial charge in [0.15, 0.2) is 5.96 Å². The van der Waals surface area contributed by atoms with Gasteiger partial charge in [0.2, 0.25) is 0 Å². The largest absolute Gasteiger partial charge is 0.380 e. The summed E-state index contributed by atoms with van der Waals surface area (Å²) in [5, 5.41) is 0. The Labute approximate surface area is 144 Å². The quantitative estimate of drug-likeness (QED) is 0.472. The van der Waals surface area contributed by atoms with Crippen LogP contribution in [0.25, 0.3) is 0 Å². The highest BCUT2D eigenvalue weighted by molar-refractivity contribution is 5.78. The van der Waals surface area contributed by atoms with E-state index in [2.05, 4.69) is 28.6 Å². The Bertz CT molecular complexity index is 510. The van der Waals surface area contributed by atoms with Crippen LogP contribution in [0.1, 0.15) is 20.3 Å². The number of hydrogen-bond acceptors (Lipinski definition) is 3. The van der Waals surface area contributed by atoms with Crippen molar-refractivity contribution in [2.24, 2.45) is 16.6 Å². The van der Waals surface area contributed by atoms with Crippen molar-refractivity contribution in [3.63, 3.8) is 0 Å². The molecule has 0 bridgehead atoms. The van der Waals surface area contributed by atoms with E-state index in [1.807, 2.05) is 12.1 Å². The summed E-state index contributed by atoms with van der Waals surface area (Å²) in [6.45, 7) is 9.71. The second-order valence-corrected chi connectivity index (χ2v) is 6.49. The number of halogens is 1. The first-order valence-corrected chi connectivity index (χ1v) is 8.69. The molecule has 0 spiro atoms. The first kappa shape index (κ1) is 18.5. The van der Waals surface area contributed by atoms with Gasteiger partial charge in [0.05, 0.1) is 13.2 Å². The van der Waals surface area contributed by atoms with E-state index in [1.54, 1.807) is 0 Å². The monoisotopic (exact) mass is 336 g/mol. The van der Waals surface area contributed by atoms with E-state index >= 15 is 0 Å². The molecule has 1 saturated heterocycles. The van der Waals surface area contributed by atoms with Gasteiger partial charge in [0, 0.05) is 38.5 Å². The van der Waals surface area contributed by atoms with Crippen LogP contribution in [0.15, 0.2) is 29.3 Å². The average Bonchev–Trinajstić information content (AvgIpc) is 2.58. The summed E-state index contributed by atoms with van der Waals surface area (Å²) < 4.78 is 18.5. The van der Waals surface area contributed by atoms with Gasteiger partial charge in [-0.2, -0.15) is 0 Å². The third kappa shape index (κ3) is 6.00. The predicted octanol–water partition coefficient (Wildman–Crippen LogP) is 2.33. The number of rotatable bonds is 7. The van der Waals surface area contributed by atoms with E-state index in [0.717, 1.165) is 44.9 Å². The van der Waals surface area contributed by atoms with Gasteiger partial charge in [0.25, 0.3) is 0 Å². The molecule has 2 N–H and O–H groups in total. The Morgan fingerprint density at radius 3 is 2.46 bits per heavy atom. The summed E-state index contributed by atoms with van der Waals surface area (Å²) in [6, 6.07) is 6.63. The molecule has 24 heavy (non-hydrogen) atoms. The molecule has 1 aromatic rings. The number of piperazine rings is 1. The highest BCUT2D eigenvalue weighted by atomic mass is 19.1. The number of nitrogens with zero attached hydrogens (tertiary/aromatic N) is 3. The molecule has 0 aromatic heterocycles. The molecule has 1 aliphatic heterocycles. The summed E-state index contributed by atoms with van der Waals surface area (Å²) in [5.41, 5.74) is 7.11. The maximum atomic E-state index is 13.0. The highest BCUT2D eigenvalue weighted by Crippen LogP contribution is 2.16. The molecular formula is C18H29FN4O. The Kier molecular flexibility index (Phi) is 7.31. The fourth-order valence-corrected chi connectivity index (χ4v) is 2.59. The third-order valence-corrected chi connectivity index (χ3v) is 4.14. The third-order valence-electron chi connectivity index (χ3n) is 4.14. The number of guanidine groups is 1. The van der Waals surface area contributed by atoms with Crippen LogP contribution in [0.3, 0.4) is 0 Å². The Morgan fingerprint density at radius 2 is 1.83 bits per heavy atom. The van der Waals surface area contributed by atoms with Gasteiger partial charge < -0.3 is 20.3 Å². The van der Waals surface area contributed by atoms with Gasteiger partial charge in [-0.3, -0.25) is 4.99 Å². The van der Waals surface area contributed by atoms with E-state index in [9.17, 15) is 4.39 Å². The van der Waals surface area contributed by atoms with Crippen LogP contribution in [0.5, 0.6) is 0 Å². The predicted molar refractivity (Wildman–Crippen MR) is 96.9 cm³/mol. The van der Waals surface area contributed by atoms with Crippen molar-refractivity contribution in [3.05, 3.63) is 30.1 Å². The normalized spacial score (nSPS) is 16.1. The zero-order valence-electron chi connectivity index (χ0n) is 14.7. The molecular weight excluding hydrogens is 307 g/mol. The van der Waals surface area contributed by atoms with Crippen molar-refractivity contribution in [1.29, 1.82) is 0 Å². The first-order chi connectivity index (χ1) is 11.6. The van der Waals surface area contributed by atoms with Crippen LogP contribution in [0.2, 0.25) is 0 Å². The number of nitrogens with two attached hydrogens (primary N) is 1. The van der Waals surface area contributed by atoms with Gasteiger partial charge in [-0.05, 0) is 36.6 Å². The molecule has 6 heteroatoms. The molecule has 0 aliphatic carbocycles. The van der Waals surface area contributed by atoms with Crippen LogP contribution in [0.4, 0.5) is 10.1 Å². The SMILES string of the molecule is CC(C)CCOCCN=C(N)N1CCN(c2ccc(F)cc2)CC1. The van der Waals surface area contributed by atoms with Crippen LogP contribution in [-0.2, 0) is 4.74 Å². The molecule has 1 aliphatic rings. The van der Waals surface area contributed by atoms with Crippen molar-refractivity contribution in [3.8, 4) is 0 Å². The molecule has 0 radical (unpaired) electrons. The summed E-state index contributed by atoms with van der Waals surface area (Å²) >= 11 is 0. The van der Waals surface area contributed by atoms with Crippen molar-refractivity contribution >= 4 is 11.6 Å². The van der Waals surface area contributed by atoms with Crippen LogP contribution < -0.4 is 10.6 Å². The first-order valence-electron chi connectivity index (χ1n) is 8.69. The topological polar surface area (TPSA) is 54.1 Å². The summed E-state index contributed by atoms with van der Waals surface area (Å²) in [5.74, 6) is 1.04. The maximum absolute atomic E-state index is 13.0. The van der Waals surface area contributed by atoms with E-state index in [-0.39, 0.29) is 5.82 Å². The number of hydrogen-bond donors (Lipinski definition) is 1. The van der Waals surface area contributed by atoms with Crippen LogP contribution in [0, 0.1) is 11.7 Å². The molecule has 0 amide bonds. The molecule has 1 fully saturated rings. The number of anilines is 1. The minimum absolute atomic E-state index is 0.204. The zero-order chi connectivity index (χ0) is 17.4. The van der Waals surface area contributed by atoms with Crippen LogP contribution >= 0.6 is 0 Å². The van der Waals surface area contributed by atoms with Gasteiger partial charge in [-0.25, -0.2) is 4.39 Å². The second kappa shape index (κ2) is 9.47. The fourth-order valence-electron chi connectivity index (χ4n) is 2.59. The number of aliphatic imine (C=N–C) groups is 1. The highest BCUT2D eigenvalue weighted by Gasteiger charge is 2.18. The lowest BCUT2D eigenvalue weighted by atomic mass is 10.1. The second-order valence-electron chi connectivity index (χ2n) is 6.49. The molecule has 1 aromatic carbocycles. The molecule has 2 rings (SSSR count). The van der Waals surface area contributed by atoms with Gasteiger partial charge in [0.1, 0.15) is 5.82 Å². The van der Waals surface area contributed by atoms with E-state index in [1.165, 1.54) is 12.1 Å².